The Morgan fingerprint density at radius 1 is 1.24 bits per heavy atom. The second-order valence-corrected chi connectivity index (χ2v) is 6.12. The van der Waals surface area contributed by atoms with E-state index in [-0.39, 0.29) is 5.91 Å². The van der Waals surface area contributed by atoms with Gasteiger partial charge in [-0.05, 0) is 24.3 Å². The molecule has 1 amide bonds. The lowest BCUT2D eigenvalue weighted by atomic mass is 10.1. The minimum absolute atomic E-state index is 0.311. The molecule has 0 aliphatic rings. The molecule has 1 N–H and O–H groups in total. The molecule has 0 bridgehead atoms. The van der Waals surface area contributed by atoms with Crippen LogP contribution in [-0.2, 0) is 16.0 Å². The van der Waals surface area contributed by atoms with Crippen LogP contribution in [0.2, 0.25) is 4.34 Å². The number of nitrogens with one attached hydrogen (secondary N) is 1. The van der Waals surface area contributed by atoms with Gasteiger partial charge in [0.15, 0.2) is 0 Å². The molecule has 110 valence electrons. The minimum atomic E-state index is -0.738. The predicted molar refractivity (Wildman–Crippen MR) is 82.7 cm³/mol. The average molecular weight is 324 g/mol. The largest absolute Gasteiger partial charge is 0.467 e. The molecule has 6 heteroatoms. The van der Waals surface area contributed by atoms with E-state index >= 15 is 0 Å². The quantitative estimate of drug-likeness (QED) is 0.861. The number of esters is 1. The van der Waals surface area contributed by atoms with Crippen molar-refractivity contribution in [2.24, 2.45) is 0 Å². The van der Waals surface area contributed by atoms with Gasteiger partial charge in [0.05, 0.1) is 11.4 Å². The summed E-state index contributed by atoms with van der Waals surface area (Å²) in [5.74, 6) is -0.794. The number of ether oxygens (including phenoxy) is 1. The van der Waals surface area contributed by atoms with E-state index < -0.39 is 12.0 Å². The monoisotopic (exact) mass is 323 g/mol. The third-order valence-electron chi connectivity index (χ3n) is 2.86. The number of hydrogen-bond donors (Lipinski definition) is 1. The first kappa shape index (κ1) is 15.5. The van der Waals surface area contributed by atoms with Gasteiger partial charge >= 0.3 is 5.97 Å². The van der Waals surface area contributed by atoms with Crippen molar-refractivity contribution in [1.82, 2.24) is 5.32 Å². The highest BCUT2D eigenvalue weighted by Gasteiger charge is 2.23. The number of thiophene rings is 1. The molecule has 0 radical (unpaired) electrons. The molecule has 2 rings (SSSR count). The average Bonchev–Trinajstić information content (AvgIpc) is 2.91. The molecule has 0 saturated heterocycles. The maximum absolute atomic E-state index is 12.1. The van der Waals surface area contributed by atoms with E-state index in [0.29, 0.717) is 16.3 Å². The zero-order valence-electron chi connectivity index (χ0n) is 11.3. The zero-order valence-corrected chi connectivity index (χ0v) is 12.9. The van der Waals surface area contributed by atoms with Crippen molar-refractivity contribution in [3.8, 4) is 0 Å². The molecular weight excluding hydrogens is 310 g/mol. The molecule has 21 heavy (non-hydrogen) atoms. The summed E-state index contributed by atoms with van der Waals surface area (Å²) in [6.07, 6.45) is 0.350. The Bertz CT molecular complexity index is 627. The molecule has 0 fully saturated rings. The van der Waals surface area contributed by atoms with Crippen molar-refractivity contribution in [1.29, 1.82) is 0 Å². The summed E-state index contributed by atoms with van der Waals surface area (Å²) in [6.45, 7) is 0. The maximum Gasteiger partial charge on any atom is 0.328 e. The number of rotatable bonds is 5. The van der Waals surface area contributed by atoms with E-state index in [9.17, 15) is 9.59 Å². The Morgan fingerprint density at radius 3 is 2.52 bits per heavy atom. The smallest absolute Gasteiger partial charge is 0.328 e. The molecular formula is C15H14ClNO3S. The van der Waals surface area contributed by atoms with Crippen LogP contribution in [0.1, 0.15) is 15.2 Å². The summed E-state index contributed by atoms with van der Waals surface area (Å²) in [7, 11) is 1.30. The summed E-state index contributed by atoms with van der Waals surface area (Å²) in [5.41, 5.74) is 0.496. The van der Waals surface area contributed by atoms with Gasteiger partial charge in [-0.2, -0.15) is 0 Å². The zero-order chi connectivity index (χ0) is 15.2. The molecule has 2 aromatic rings. The summed E-state index contributed by atoms with van der Waals surface area (Å²) >= 11 is 7.25. The SMILES string of the molecule is COC(=O)C(Cc1ccc(Cl)s1)NC(=O)c1ccccc1. The number of hydrogen-bond acceptors (Lipinski definition) is 4. The molecule has 0 aliphatic heterocycles. The highest BCUT2D eigenvalue weighted by Crippen LogP contribution is 2.22. The van der Waals surface area contributed by atoms with Crippen molar-refractivity contribution in [3.05, 3.63) is 57.2 Å². The number of halogens is 1. The lowest BCUT2D eigenvalue weighted by molar-refractivity contribution is -0.142. The molecule has 0 saturated carbocycles. The van der Waals surface area contributed by atoms with E-state index in [1.54, 1.807) is 30.3 Å². The van der Waals surface area contributed by atoms with Crippen LogP contribution < -0.4 is 5.32 Å². The van der Waals surface area contributed by atoms with Gasteiger partial charge in [0, 0.05) is 16.9 Å². The lowest BCUT2D eigenvalue weighted by Gasteiger charge is -2.15. The van der Waals surface area contributed by atoms with Crippen molar-refractivity contribution < 1.29 is 14.3 Å². The number of benzene rings is 1. The van der Waals surface area contributed by atoms with E-state index in [4.69, 9.17) is 16.3 Å². The van der Waals surface area contributed by atoms with Gasteiger partial charge in [-0.25, -0.2) is 4.79 Å². The predicted octanol–water partition coefficient (Wildman–Crippen LogP) is 2.92. The minimum Gasteiger partial charge on any atom is -0.467 e. The third-order valence-corrected chi connectivity index (χ3v) is 4.11. The van der Waals surface area contributed by atoms with Crippen molar-refractivity contribution in [2.45, 2.75) is 12.5 Å². The molecule has 4 nitrogen and oxygen atoms in total. The molecule has 1 atom stereocenters. The van der Waals surface area contributed by atoms with Crippen LogP contribution >= 0.6 is 22.9 Å². The summed E-state index contributed by atoms with van der Waals surface area (Å²) in [6, 6.07) is 11.6. The first-order valence-electron chi connectivity index (χ1n) is 6.28. The van der Waals surface area contributed by atoms with Crippen molar-refractivity contribution in [2.75, 3.05) is 7.11 Å². The molecule has 1 heterocycles. The van der Waals surface area contributed by atoms with Gasteiger partial charge in [-0.1, -0.05) is 29.8 Å². The molecule has 1 unspecified atom stereocenters. The molecule has 0 spiro atoms. The van der Waals surface area contributed by atoms with E-state index in [1.807, 2.05) is 12.1 Å². The highest BCUT2D eigenvalue weighted by molar-refractivity contribution is 7.16. The number of carbonyl (C=O) groups excluding carboxylic acids is 2. The van der Waals surface area contributed by atoms with E-state index in [2.05, 4.69) is 5.32 Å². The Kier molecular flexibility index (Phi) is 5.36. The van der Waals surface area contributed by atoms with Gasteiger partial charge in [-0.3, -0.25) is 4.79 Å². The van der Waals surface area contributed by atoms with E-state index in [1.165, 1.54) is 18.4 Å². The van der Waals surface area contributed by atoms with Gasteiger partial charge in [0.25, 0.3) is 5.91 Å². The van der Waals surface area contributed by atoms with Crippen LogP contribution in [0.25, 0.3) is 0 Å². The second-order valence-electron chi connectivity index (χ2n) is 4.33. The fourth-order valence-corrected chi connectivity index (χ4v) is 2.96. The van der Waals surface area contributed by atoms with Crippen LogP contribution in [-0.4, -0.2) is 25.0 Å². The molecule has 0 aliphatic carbocycles. The third kappa shape index (κ3) is 4.31. The highest BCUT2D eigenvalue weighted by atomic mass is 35.5. The van der Waals surface area contributed by atoms with E-state index in [0.717, 1.165) is 4.88 Å². The first-order valence-corrected chi connectivity index (χ1v) is 7.47. The maximum atomic E-state index is 12.1. The first-order chi connectivity index (χ1) is 10.1. The topological polar surface area (TPSA) is 55.4 Å². The number of carbonyl (C=O) groups is 2. The summed E-state index contributed by atoms with van der Waals surface area (Å²) < 4.78 is 5.39. The van der Waals surface area contributed by atoms with Crippen molar-refractivity contribution >= 4 is 34.8 Å². The Hall–Kier alpha value is -1.85. The van der Waals surface area contributed by atoms with Crippen molar-refractivity contribution in [3.63, 3.8) is 0 Å². The van der Waals surface area contributed by atoms with Gasteiger partial charge in [0.1, 0.15) is 6.04 Å². The van der Waals surface area contributed by atoms with Crippen LogP contribution in [0.3, 0.4) is 0 Å². The Labute approximate surface area is 131 Å². The normalized spacial score (nSPS) is 11.7. The number of methoxy groups -OCH3 is 1. The van der Waals surface area contributed by atoms with Crippen LogP contribution in [0.15, 0.2) is 42.5 Å². The summed E-state index contributed by atoms with van der Waals surface area (Å²) in [5, 5.41) is 2.69. The summed E-state index contributed by atoms with van der Waals surface area (Å²) in [4.78, 5) is 24.9. The van der Waals surface area contributed by atoms with Gasteiger partial charge in [-0.15, -0.1) is 11.3 Å². The van der Waals surface area contributed by atoms with Crippen LogP contribution in [0.5, 0.6) is 0 Å². The Morgan fingerprint density at radius 2 is 1.95 bits per heavy atom. The van der Waals surface area contributed by atoms with Crippen LogP contribution in [0, 0.1) is 0 Å². The molecule has 1 aromatic carbocycles. The fourth-order valence-electron chi connectivity index (χ4n) is 1.83. The van der Waals surface area contributed by atoms with Gasteiger partial charge < -0.3 is 10.1 Å². The second kappa shape index (κ2) is 7.24. The Balaban J connectivity index is 2.09. The molecule has 1 aromatic heterocycles. The fraction of sp³-hybridized carbons (Fsp3) is 0.200. The van der Waals surface area contributed by atoms with Gasteiger partial charge in [0.2, 0.25) is 0 Å². The lowest BCUT2D eigenvalue weighted by Crippen LogP contribution is -2.42. The number of amides is 1. The standard InChI is InChI=1S/C15H14ClNO3S/c1-20-15(19)12(9-11-7-8-13(16)21-11)17-14(18)10-5-3-2-4-6-10/h2-8,12H,9H2,1H3,(H,17,18). The van der Waals surface area contributed by atoms with Crippen LogP contribution in [0.4, 0.5) is 0 Å².